The van der Waals surface area contributed by atoms with Crippen LogP contribution in [-0.2, 0) is 0 Å². The fourth-order valence-electron chi connectivity index (χ4n) is 2.46. The molecule has 1 aromatic carbocycles. The van der Waals surface area contributed by atoms with Crippen LogP contribution in [0.1, 0.15) is 10.5 Å². The molecule has 2 N–H and O–H groups in total. The number of carbonyl (C=O) groups is 1. The number of pyridine rings is 2. The van der Waals surface area contributed by atoms with Gasteiger partial charge in [-0.1, -0.05) is 17.8 Å². The monoisotopic (exact) mass is 436 g/mol. The van der Waals surface area contributed by atoms with Crippen molar-refractivity contribution < 1.29 is 9.53 Å². The van der Waals surface area contributed by atoms with Crippen molar-refractivity contribution in [2.45, 2.75) is 20.0 Å². The number of methoxy groups -OCH3 is 1. The summed E-state index contributed by atoms with van der Waals surface area (Å²) in [5, 5.41) is 10.6. The number of anilines is 1. The van der Waals surface area contributed by atoms with Crippen LogP contribution in [0.5, 0.6) is 5.75 Å². The summed E-state index contributed by atoms with van der Waals surface area (Å²) in [5.74, 6) is 0.882. The number of hydrogen-bond donors (Lipinski definition) is 2. The van der Waals surface area contributed by atoms with Crippen molar-refractivity contribution >= 4 is 35.2 Å². The maximum absolute atomic E-state index is 13.0. The zero-order chi connectivity index (χ0) is 20.8. The Morgan fingerprint density at radius 2 is 1.90 bits per heavy atom. The van der Waals surface area contributed by atoms with Crippen molar-refractivity contribution in [2.75, 3.05) is 12.4 Å². The molecule has 0 unspecified atom stereocenters. The lowest BCUT2D eigenvalue weighted by Gasteiger charge is -2.11. The Balaban J connectivity index is 1.63. The number of aromatic nitrogens is 5. The Morgan fingerprint density at radius 3 is 2.60 bits per heavy atom. The molecule has 0 aliphatic rings. The fraction of sp³-hybridized carbons (Fsp3) is 0.0500. The van der Waals surface area contributed by atoms with E-state index in [1.165, 1.54) is 29.9 Å². The summed E-state index contributed by atoms with van der Waals surface area (Å²) < 4.78 is 5.20. The second-order valence-electron chi connectivity index (χ2n) is 5.84. The molecule has 10 heteroatoms. The van der Waals surface area contributed by atoms with Gasteiger partial charge in [0.25, 0.3) is 5.91 Å². The number of benzene rings is 1. The van der Waals surface area contributed by atoms with Crippen molar-refractivity contribution in [1.82, 2.24) is 25.1 Å². The van der Waals surface area contributed by atoms with E-state index in [-0.39, 0.29) is 5.91 Å². The third-order valence-electron chi connectivity index (χ3n) is 3.84. The first kappa shape index (κ1) is 19.9. The summed E-state index contributed by atoms with van der Waals surface area (Å²) in [6.45, 7) is 0. The molecule has 0 spiro atoms. The van der Waals surface area contributed by atoms with Gasteiger partial charge < -0.3 is 10.1 Å². The van der Waals surface area contributed by atoms with E-state index < -0.39 is 0 Å². The molecule has 0 radical (unpaired) electrons. The summed E-state index contributed by atoms with van der Waals surface area (Å²) in [5.41, 5.74) is 0.297. The van der Waals surface area contributed by atoms with Crippen molar-refractivity contribution in [3.63, 3.8) is 0 Å². The number of nitrogens with one attached hydrogen (secondary N) is 2. The normalized spacial score (nSPS) is 10.6. The van der Waals surface area contributed by atoms with Gasteiger partial charge in [0.1, 0.15) is 28.6 Å². The van der Waals surface area contributed by atoms with Crippen molar-refractivity contribution in [3.05, 3.63) is 72.8 Å². The van der Waals surface area contributed by atoms with Gasteiger partial charge in [-0.25, -0.2) is 15.0 Å². The maximum atomic E-state index is 13.0. The molecule has 0 fully saturated rings. The van der Waals surface area contributed by atoms with Gasteiger partial charge in [-0.3, -0.25) is 9.89 Å². The molecule has 30 heavy (non-hydrogen) atoms. The maximum Gasteiger partial charge on any atom is 0.276 e. The number of hydrogen-bond acceptors (Lipinski definition) is 8. The lowest BCUT2D eigenvalue weighted by molar-refractivity contribution is 0.101. The number of carbonyl (C=O) groups excluding carboxylic acids is 1. The van der Waals surface area contributed by atoms with Crippen LogP contribution >= 0.6 is 23.5 Å². The lowest BCUT2D eigenvalue weighted by Crippen LogP contribution is -2.16. The standard InChI is InChI=1S/C20H16N6O2S2/c1-28-13-5-7-14(8-6-13)29-15-9-10-17(30-20-22-12-23-26-20)25-18(15)19(27)24-16-4-2-3-11-21-16/h2-12H,1H3,(H,21,24,27)(H,22,23,26). The van der Waals surface area contributed by atoms with E-state index in [9.17, 15) is 4.79 Å². The predicted molar refractivity (Wildman–Crippen MR) is 114 cm³/mol. The average Bonchev–Trinajstić information content (AvgIpc) is 3.29. The fourth-order valence-corrected chi connectivity index (χ4v) is 4.02. The summed E-state index contributed by atoms with van der Waals surface area (Å²) in [6.07, 6.45) is 3.04. The number of H-pyrrole nitrogens is 1. The van der Waals surface area contributed by atoms with Crippen molar-refractivity contribution in [1.29, 1.82) is 0 Å². The highest BCUT2D eigenvalue weighted by Gasteiger charge is 2.17. The van der Waals surface area contributed by atoms with E-state index in [2.05, 4.69) is 30.5 Å². The third-order valence-corrected chi connectivity index (χ3v) is 5.72. The molecular formula is C20H16N6O2S2. The molecular weight excluding hydrogens is 420 g/mol. The lowest BCUT2D eigenvalue weighted by atomic mass is 10.3. The Hall–Kier alpha value is -3.37. The first-order valence-corrected chi connectivity index (χ1v) is 10.4. The molecule has 3 aromatic heterocycles. The van der Waals surface area contributed by atoms with E-state index in [4.69, 9.17) is 4.74 Å². The largest absolute Gasteiger partial charge is 0.497 e. The predicted octanol–water partition coefficient (Wildman–Crippen LogP) is 4.16. The summed E-state index contributed by atoms with van der Waals surface area (Å²) in [6, 6.07) is 16.6. The molecule has 4 rings (SSSR count). The zero-order valence-electron chi connectivity index (χ0n) is 15.8. The molecule has 3 heterocycles. The van der Waals surface area contributed by atoms with Crippen LogP contribution in [0, 0.1) is 0 Å². The van der Waals surface area contributed by atoms with E-state index in [0.29, 0.717) is 21.7 Å². The first-order chi connectivity index (χ1) is 14.7. The number of aromatic amines is 1. The third kappa shape index (κ3) is 4.97. The second kappa shape index (κ2) is 9.42. The molecule has 0 aliphatic carbocycles. The molecule has 0 saturated heterocycles. The number of ether oxygens (including phenoxy) is 1. The van der Waals surface area contributed by atoms with Crippen molar-refractivity contribution in [3.8, 4) is 5.75 Å². The van der Waals surface area contributed by atoms with Crippen molar-refractivity contribution in [2.24, 2.45) is 0 Å². The van der Waals surface area contributed by atoms with Crippen LogP contribution in [0.3, 0.4) is 0 Å². The van der Waals surface area contributed by atoms with E-state index in [1.54, 1.807) is 31.5 Å². The molecule has 0 bridgehead atoms. The van der Waals surface area contributed by atoms with Crippen LogP contribution in [0.25, 0.3) is 0 Å². The number of rotatable bonds is 7. The molecule has 1 amide bonds. The molecule has 4 aromatic rings. The Kier molecular flexibility index (Phi) is 6.26. The van der Waals surface area contributed by atoms with Gasteiger partial charge in [-0.2, -0.15) is 5.10 Å². The highest BCUT2D eigenvalue weighted by molar-refractivity contribution is 7.99. The van der Waals surface area contributed by atoms with Gasteiger partial charge in [0.05, 0.1) is 7.11 Å². The Bertz CT molecular complexity index is 1120. The quantitative estimate of drug-likeness (QED) is 0.445. The minimum absolute atomic E-state index is 0.297. The highest BCUT2D eigenvalue weighted by Crippen LogP contribution is 2.33. The number of nitrogens with zero attached hydrogens (tertiary/aromatic N) is 4. The molecule has 0 saturated carbocycles. The number of amides is 1. The van der Waals surface area contributed by atoms with Crippen LogP contribution in [0.2, 0.25) is 0 Å². The molecule has 8 nitrogen and oxygen atoms in total. The Labute approximate surface area is 180 Å². The van der Waals surface area contributed by atoms with Gasteiger partial charge in [-0.05, 0) is 60.3 Å². The minimum atomic E-state index is -0.343. The van der Waals surface area contributed by atoms with Gasteiger partial charge in [-0.15, -0.1) is 0 Å². The van der Waals surface area contributed by atoms with Gasteiger partial charge in [0.2, 0.25) is 0 Å². The van der Waals surface area contributed by atoms with Crippen LogP contribution < -0.4 is 10.1 Å². The minimum Gasteiger partial charge on any atom is -0.497 e. The molecule has 0 atom stereocenters. The Morgan fingerprint density at radius 1 is 1.03 bits per heavy atom. The van der Waals surface area contributed by atoms with Crippen LogP contribution in [-0.4, -0.2) is 38.2 Å². The van der Waals surface area contributed by atoms with E-state index in [0.717, 1.165) is 15.5 Å². The zero-order valence-corrected chi connectivity index (χ0v) is 17.4. The second-order valence-corrected chi connectivity index (χ2v) is 7.96. The SMILES string of the molecule is COc1ccc(Sc2ccc(Sc3ncn[nH]3)nc2C(=O)Nc2ccccn2)cc1. The topological polar surface area (TPSA) is 106 Å². The van der Waals surface area contributed by atoms with Crippen LogP contribution in [0.15, 0.2) is 87.1 Å². The smallest absolute Gasteiger partial charge is 0.276 e. The van der Waals surface area contributed by atoms with Gasteiger partial charge >= 0.3 is 0 Å². The molecule has 150 valence electrons. The summed E-state index contributed by atoms with van der Waals surface area (Å²) in [7, 11) is 1.62. The first-order valence-electron chi connectivity index (χ1n) is 8.80. The summed E-state index contributed by atoms with van der Waals surface area (Å²) >= 11 is 2.74. The van der Waals surface area contributed by atoms with E-state index in [1.807, 2.05) is 36.4 Å². The van der Waals surface area contributed by atoms with Gasteiger partial charge in [0, 0.05) is 16.0 Å². The highest BCUT2D eigenvalue weighted by atomic mass is 32.2. The molecule has 0 aliphatic heterocycles. The van der Waals surface area contributed by atoms with Gasteiger partial charge in [0.15, 0.2) is 5.16 Å². The average molecular weight is 437 g/mol. The van der Waals surface area contributed by atoms with Crippen LogP contribution in [0.4, 0.5) is 5.82 Å². The summed E-state index contributed by atoms with van der Waals surface area (Å²) in [4.78, 5) is 27.5. The van der Waals surface area contributed by atoms with E-state index >= 15 is 0 Å².